The quantitative estimate of drug-likeness (QED) is 0.799. The molecule has 1 aromatic heterocycles. The Hall–Kier alpha value is -2.17. The largest absolute Gasteiger partial charge is 0.465 e. The minimum Gasteiger partial charge on any atom is -0.465 e. The van der Waals surface area contributed by atoms with Gasteiger partial charge in [0, 0.05) is 12.1 Å². The van der Waals surface area contributed by atoms with Crippen molar-refractivity contribution in [1.29, 1.82) is 0 Å². The first-order valence-electron chi connectivity index (χ1n) is 5.98. The summed E-state index contributed by atoms with van der Waals surface area (Å²) in [5.74, 6) is -1.03. The van der Waals surface area contributed by atoms with Crippen LogP contribution in [0.5, 0.6) is 0 Å². The molecule has 2 aromatic rings. The van der Waals surface area contributed by atoms with Crippen molar-refractivity contribution in [2.75, 3.05) is 7.11 Å². The number of ether oxygens (including phenoxy) is 1. The topological polar surface area (TPSA) is 44.1 Å². The third-order valence-corrected chi connectivity index (χ3v) is 2.91. The maximum atomic E-state index is 13.6. The van der Waals surface area contributed by atoms with Gasteiger partial charge in [-0.05, 0) is 37.6 Å². The number of hydrogen-bond donors (Lipinski definition) is 0. The SMILES string of the molecule is CCn1ncc(C)c1-c1cc(F)cc(C(=O)OC)c1. The van der Waals surface area contributed by atoms with Crippen LogP contribution in [0.1, 0.15) is 22.8 Å². The molecular weight excluding hydrogens is 247 g/mol. The third-order valence-electron chi connectivity index (χ3n) is 2.91. The van der Waals surface area contributed by atoms with Gasteiger partial charge in [-0.25, -0.2) is 9.18 Å². The van der Waals surface area contributed by atoms with E-state index in [2.05, 4.69) is 9.84 Å². The number of aromatic nitrogens is 2. The lowest BCUT2D eigenvalue weighted by atomic mass is 10.0. The Morgan fingerprint density at radius 2 is 2.16 bits per heavy atom. The van der Waals surface area contributed by atoms with Gasteiger partial charge >= 0.3 is 5.97 Å². The van der Waals surface area contributed by atoms with Gasteiger partial charge in [-0.15, -0.1) is 0 Å². The number of hydrogen-bond acceptors (Lipinski definition) is 3. The maximum absolute atomic E-state index is 13.6. The van der Waals surface area contributed by atoms with Gasteiger partial charge in [-0.3, -0.25) is 4.68 Å². The standard InChI is InChI=1S/C14H15FN2O2/c1-4-17-13(9(2)8-16-17)10-5-11(14(18)19-3)7-12(15)6-10/h5-8H,4H2,1-3H3. The molecule has 0 fully saturated rings. The van der Waals surface area contributed by atoms with E-state index < -0.39 is 11.8 Å². The molecule has 0 aliphatic carbocycles. The first-order chi connectivity index (χ1) is 9.06. The number of carbonyl (C=O) groups excluding carboxylic acids is 1. The average Bonchev–Trinajstić information content (AvgIpc) is 2.78. The van der Waals surface area contributed by atoms with Crippen molar-refractivity contribution in [2.24, 2.45) is 0 Å². The van der Waals surface area contributed by atoms with Crippen molar-refractivity contribution >= 4 is 5.97 Å². The molecule has 0 amide bonds. The van der Waals surface area contributed by atoms with Gasteiger partial charge in [0.25, 0.3) is 0 Å². The molecule has 0 aliphatic rings. The first kappa shape index (κ1) is 13.3. The molecule has 0 saturated carbocycles. The summed E-state index contributed by atoms with van der Waals surface area (Å²) in [7, 11) is 1.27. The van der Waals surface area contributed by atoms with E-state index in [1.165, 1.54) is 13.2 Å². The Morgan fingerprint density at radius 1 is 1.42 bits per heavy atom. The lowest BCUT2D eigenvalue weighted by Crippen LogP contribution is -2.04. The zero-order valence-electron chi connectivity index (χ0n) is 11.1. The Labute approximate surface area is 110 Å². The second-order valence-electron chi connectivity index (χ2n) is 4.21. The molecule has 0 saturated heterocycles. The molecule has 0 spiro atoms. The van der Waals surface area contributed by atoms with E-state index in [1.807, 2.05) is 13.8 Å². The van der Waals surface area contributed by atoms with Gasteiger partial charge in [0.15, 0.2) is 0 Å². The number of nitrogens with zero attached hydrogens (tertiary/aromatic N) is 2. The van der Waals surface area contributed by atoms with Crippen LogP contribution in [0.2, 0.25) is 0 Å². The van der Waals surface area contributed by atoms with Crippen molar-refractivity contribution in [1.82, 2.24) is 9.78 Å². The van der Waals surface area contributed by atoms with E-state index in [0.717, 1.165) is 17.3 Å². The monoisotopic (exact) mass is 262 g/mol. The zero-order chi connectivity index (χ0) is 14.0. The van der Waals surface area contributed by atoms with Crippen LogP contribution in [0.4, 0.5) is 4.39 Å². The second-order valence-corrected chi connectivity index (χ2v) is 4.21. The predicted octanol–water partition coefficient (Wildman–Crippen LogP) is 2.80. The van der Waals surface area contributed by atoms with Crippen LogP contribution >= 0.6 is 0 Å². The Balaban J connectivity index is 2.59. The molecule has 5 heteroatoms. The van der Waals surface area contributed by atoms with Crippen LogP contribution < -0.4 is 0 Å². The van der Waals surface area contributed by atoms with Crippen LogP contribution in [0.25, 0.3) is 11.3 Å². The molecule has 100 valence electrons. The number of methoxy groups -OCH3 is 1. The number of benzene rings is 1. The molecule has 0 bridgehead atoms. The van der Waals surface area contributed by atoms with E-state index in [4.69, 9.17) is 0 Å². The molecule has 0 unspecified atom stereocenters. The average molecular weight is 262 g/mol. The van der Waals surface area contributed by atoms with Crippen LogP contribution in [-0.2, 0) is 11.3 Å². The summed E-state index contributed by atoms with van der Waals surface area (Å²) in [5.41, 5.74) is 2.56. The summed E-state index contributed by atoms with van der Waals surface area (Å²) < 4.78 is 20.0. The van der Waals surface area contributed by atoms with Gasteiger partial charge in [-0.2, -0.15) is 5.10 Å². The highest BCUT2D eigenvalue weighted by molar-refractivity contribution is 5.91. The fraction of sp³-hybridized carbons (Fsp3) is 0.286. The molecule has 0 atom stereocenters. The van der Waals surface area contributed by atoms with Crippen molar-refractivity contribution in [2.45, 2.75) is 20.4 Å². The number of esters is 1. The zero-order valence-corrected chi connectivity index (χ0v) is 11.1. The van der Waals surface area contributed by atoms with Crippen LogP contribution in [0.3, 0.4) is 0 Å². The number of halogens is 1. The van der Waals surface area contributed by atoms with E-state index in [9.17, 15) is 9.18 Å². The fourth-order valence-electron chi connectivity index (χ4n) is 2.06. The van der Waals surface area contributed by atoms with Gasteiger partial charge in [0.05, 0.1) is 24.6 Å². The van der Waals surface area contributed by atoms with Crippen molar-refractivity contribution < 1.29 is 13.9 Å². The van der Waals surface area contributed by atoms with Crippen molar-refractivity contribution in [3.8, 4) is 11.3 Å². The van der Waals surface area contributed by atoms with Gasteiger partial charge < -0.3 is 4.74 Å². The molecule has 4 nitrogen and oxygen atoms in total. The summed E-state index contributed by atoms with van der Waals surface area (Å²) >= 11 is 0. The Kier molecular flexibility index (Phi) is 3.64. The molecule has 1 aromatic carbocycles. The number of rotatable bonds is 3. The molecule has 0 N–H and O–H groups in total. The summed E-state index contributed by atoms with van der Waals surface area (Å²) in [4.78, 5) is 11.5. The molecular formula is C14H15FN2O2. The normalized spacial score (nSPS) is 10.5. The van der Waals surface area contributed by atoms with E-state index in [0.29, 0.717) is 12.1 Å². The second kappa shape index (κ2) is 5.22. The summed E-state index contributed by atoms with van der Waals surface area (Å²) in [6.07, 6.45) is 1.72. The maximum Gasteiger partial charge on any atom is 0.337 e. The highest BCUT2D eigenvalue weighted by Crippen LogP contribution is 2.25. The molecule has 2 rings (SSSR count). The Bertz CT molecular complexity index is 620. The Morgan fingerprint density at radius 3 is 2.79 bits per heavy atom. The van der Waals surface area contributed by atoms with Crippen LogP contribution in [0.15, 0.2) is 24.4 Å². The fourth-order valence-corrected chi connectivity index (χ4v) is 2.06. The lowest BCUT2D eigenvalue weighted by Gasteiger charge is -2.08. The highest BCUT2D eigenvalue weighted by Gasteiger charge is 2.14. The molecule has 1 heterocycles. The smallest absolute Gasteiger partial charge is 0.337 e. The van der Waals surface area contributed by atoms with E-state index in [1.54, 1.807) is 16.9 Å². The van der Waals surface area contributed by atoms with Crippen molar-refractivity contribution in [3.05, 3.63) is 41.3 Å². The third kappa shape index (κ3) is 2.50. The predicted molar refractivity (Wildman–Crippen MR) is 69.4 cm³/mol. The first-order valence-corrected chi connectivity index (χ1v) is 5.98. The molecule has 0 aliphatic heterocycles. The summed E-state index contributed by atoms with van der Waals surface area (Å²) in [6, 6.07) is 4.17. The highest BCUT2D eigenvalue weighted by atomic mass is 19.1. The number of carbonyl (C=O) groups is 1. The molecule has 0 radical (unpaired) electrons. The van der Waals surface area contributed by atoms with E-state index >= 15 is 0 Å². The number of aryl methyl sites for hydroxylation is 2. The van der Waals surface area contributed by atoms with Gasteiger partial charge in [-0.1, -0.05) is 0 Å². The lowest BCUT2D eigenvalue weighted by molar-refractivity contribution is 0.0600. The van der Waals surface area contributed by atoms with Crippen molar-refractivity contribution in [3.63, 3.8) is 0 Å². The minimum absolute atomic E-state index is 0.195. The van der Waals surface area contributed by atoms with E-state index in [-0.39, 0.29) is 5.56 Å². The van der Waals surface area contributed by atoms with Crippen LogP contribution in [-0.4, -0.2) is 22.9 Å². The summed E-state index contributed by atoms with van der Waals surface area (Å²) in [5, 5.41) is 4.21. The molecule has 19 heavy (non-hydrogen) atoms. The minimum atomic E-state index is -0.555. The van der Waals surface area contributed by atoms with Crippen LogP contribution in [0, 0.1) is 12.7 Å². The van der Waals surface area contributed by atoms with Gasteiger partial charge in [0.1, 0.15) is 5.82 Å². The van der Waals surface area contributed by atoms with Gasteiger partial charge in [0.2, 0.25) is 0 Å². The summed E-state index contributed by atoms with van der Waals surface area (Å²) in [6.45, 7) is 4.53.